The van der Waals surface area contributed by atoms with Crippen molar-refractivity contribution in [2.75, 3.05) is 6.61 Å². The van der Waals surface area contributed by atoms with Gasteiger partial charge in [0.2, 0.25) is 0 Å². The van der Waals surface area contributed by atoms with Crippen molar-refractivity contribution in [3.05, 3.63) is 28.4 Å². The van der Waals surface area contributed by atoms with Crippen LogP contribution in [0.3, 0.4) is 0 Å². The third kappa shape index (κ3) is 1.37. The van der Waals surface area contributed by atoms with Gasteiger partial charge < -0.3 is 9.72 Å². The Morgan fingerprint density at radius 1 is 1.47 bits per heavy atom. The summed E-state index contributed by atoms with van der Waals surface area (Å²) in [5, 5.41) is 1.24. The minimum atomic E-state index is 0.563. The number of aromatic amines is 1. The largest absolute Gasteiger partial charge is 0.493 e. The van der Waals surface area contributed by atoms with E-state index in [-0.39, 0.29) is 0 Å². The molecule has 0 radical (unpaired) electrons. The van der Waals surface area contributed by atoms with Crippen LogP contribution in [0, 0.1) is 5.92 Å². The Morgan fingerprint density at radius 3 is 3.20 bits per heavy atom. The SMILES string of the molecule is CC1COc2cccc3[nH]c(Br)c(c23)C1. The number of hydrogen-bond acceptors (Lipinski definition) is 1. The highest BCUT2D eigenvalue weighted by atomic mass is 79.9. The number of ether oxygens (including phenoxy) is 1. The maximum atomic E-state index is 5.81. The lowest BCUT2D eigenvalue weighted by atomic mass is 10.0. The molecule has 78 valence electrons. The normalized spacial score (nSPS) is 20.0. The minimum absolute atomic E-state index is 0.563. The standard InChI is InChI=1S/C12H12BrNO/c1-7-5-8-11-9(14-12(8)13)3-2-4-10(11)15-6-7/h2-4,7,14H,5-6H2,1H3. The van der Waals surface area contributed by atoms with Crippen molar-refractivity contribution < 1.29 is 4.74 Å². The molecule has 1 aromatic carbocycles. The minimum Gasteiger partial charge on any atom is -0.493 e. The number of halogens is 1. The van der Waals surface area contributed by atoms with Crippen LogP contribution in [0.15, 0.2) is 22.8 Å². The van der Waals surface area contributed by atoms with Crippen LogP contribution >= 0.6 is 15.9 Å². The first-order chi connectivity index (χ1) is 7.25. The number of nitrogens with one attached hydrogen (secondary N) is 1. The molecule has 0 aliphatic carbocycles. The third-order valence-corrected chi connectivity index (χ3v) is 3.59. The Labute approximate surface area is 96.8 Å². The van der Waals surface area contributed by atoms with Crippen LogP contribution in [0.2, 0.25) is 0 Å². The van der Waals surface area contributed by atoms with Gasteiger partial charge in [-0.1, -0.05) is 13.0 Å². The molecule has 0 saturated carbocycles. The van der Waals surface area contributed by atoms with Gasteiger partial charge in [-0.3, -0.25) is 0 Å². The first kappa shape index (κ1) is 9.28. The van der Waals surface area contributed by atoms with E-state index in [0.29, 0.717) is 5.92 Å². The van der Waals surface area contributed by atoms with Crippen LogP contribution in [-0.4, -0.2) is 11.6 Å². The predicted octanol–water partition coefficient (Wildman–Crippen LogP) is 3.50. The molecule has 1 unspecified atom stereocenters. The fourth-order valence-corrected chi connectivity index (χ4v) is 2.78. The van der Waals surface area contributed by atoms with Crippen LogP contribution < -0.4 is 4.74 Å². The van der Waals surface area contributed by atoms with Gasteiger partial charge in [-0.15, -0.1) is 0 Å². The van der Waals surface area contributed by atoms with Gasteiger partial charge in [-0.25, -0.2) is 0 Å². The van der Waals surface area contributed by atoms with Gasteiger partial charge in [0.1, 0.15) is 5.75 Å². The highest BCUT2D eigenvalue weighted by Crippen LogP contribution is 2.37. The van der Waals surface area contributed by atoms with E-state index in [1.54, 1.807) is 0 Å². The number of aromatic nitrogens is 1. The van der Waals surface area contributed by atoms with Gasteiger partial charge in [-0.2, -0.15) is 0 Å². The zero-order valence-electron chi connectivity index (χ0n) is 8.51. The Kier molecular flexibility index (Phi) is 2.02. The van der Waals surface area contributed by atoms with Crippen molar-refractivity contribution in [1.29, 1.82) is 0 Å². The molecule has 1 aromatic heterocycles. The molecule has 1 aliphatic rings. The van der Waals surface area contributed by atoms with Crippen molar-refractivity contribution >= 4 is 26.8 Å². The Bertz CT molecular complexity index is 518. The van der Waals surface area contributed by atoms with Crippen molar-refractivity contribution in [2.45, 2.75) is 13.3 Å². The second-order valence-corrected chi connectivity index (χ2v) is 5.01. The predicted molar refractivity (Wildman–Crippen MR) is 64.4 cm³/mol. The summed E-state index contributed by atoms with van der Waals surface area (Å²) >= 11 is 3.59. The molecule has 2 heterocycles. The summed E-state index contributed by atoms with van der Waals surface area (Å²) in [7, 11) is 0. The lowest BCUT2D eigenvalue weighted by Gasteiger charge is -2.08. The third-order valence-electron chi connectivity index (χ3n) is 2.91. The number of benzene rings is 1. The summed E-state index contributed by atoms with van der Waals surface area (Å²) in [6.07, 6.45) is 1.07. The zero-order chi connectivity index (χ0) is 10.4. The summed E-state index contributed by atoms with van der Waals surface area (Å²) in [5.41, 5.74) is 2.51. The molecule has 0 saturated heterocycles. The Balaban J connectivity index is 2.35. The number of H-pyrrole nitrogens is 1. The average Bonchev–Trinajstić information content (AvgIpc) is 2.44. The van der Waals surface area contributed by atoms with Crippen LogP contribution in [0.5, 0.6) is 5.75 Å². The molecule has 0 fully saturated rings. The van der Waals surface area contributed by atoms with Crippen molar-refractivity contribution in [1.82, 2.24) is 4.98 Å². The molecule has 1 N–H and O–H groups in total. The quantitative estimate of drug-likeness (QED) is 0.775. The maximum Gasteiger partial charge on any atom is 0.128 e. The van der Waals surface area contributed by atoms with Crippen molar-refractivity contribution in [3.63, 3.8) is 0 Å². The van der Waals surface area contributed by atoms with E-state index in [4.69, 9.17) is 4.74 Å². The summed E-state index contributed by atoms with van der Waals surface area (Å²) in [6, 6.07) is 6.16. The summed E-state index contributed by atoms with van der Waals surface area (Å²) in [4.78, 5) is 3.34. The van der Waals surface area contributed by atoms with E-state index in [2.05, 4.69) is 33.9 Å². The molecule has 2 aromatic rings. The second-order valence-electron chi connectivity index (χ2n) is 4.22. The van der Waals surface area contributed by atoms with E-state index >= 15 is 0 Å². The van der Waals surface area contributed by atoms with Gasteiger partial charge in [0, 0.05) is 5.39 Å². The van der Waals surface area contributed by atoms with E-state index < -0.39 is 0 Å². The van der Waals surface area contributed by atoms with Crippen molar-refractivity contribution in [3.8, 4) is 5.75 Å². The molecular weight excluding hydrogens is 254 g/mol. The molecule has 0 spiro atoms. The Hall–Kier alpha value is -0.960. The first-order valence-electron chi connectivity index (χ1n) is 5.17. The summed E-state index contributed by atoms with van der Waals surface area (Å²) < 4.78 is 6.90. The van der Waals surface area contributed by atoms with E-state index in [9.17, 15) is 0 Å². The highest BCUT2D eigenvalue weighted by Gasteiger charge is 2.20. The van der Waals surface area contributed by atoms with E-state index in [1.807, 2.05) is 12.1 Å². The van der Waals surface area contributed by atoms with Crippen LogP contribution in [0.1, 0.15) is 12.5 Å². The molecule has 1 aliphatic heterocycles. The lowest BCUT2D eigenvalue weighted by molar-refractivity contribution is 0.268. The van der Waals surface area contributed by atoms with Gasteiger partial charge in [0.05, 0.1) is 16.7 Å². The highest BCUT2D eigenvalue weighted by molar-refractivity contribution is 9.10. The molecule has 15 heavy (non-hydrogen) atoms. The molecule has 3 heteroatoms. The average molecular weight is 266 g/mol. The van der Waals surface area contributed by atoms with Gasteiger partial charge in [-0.05, 0) is 46.0 Å². The zero-order valence-corrected chi connectivity index (χ0v) is 10.1. The van der Waals surface area contributed by atoms with Crippen LogP contribution in [0.25, 0.3) is 10.9 Å². The van der Waals surface area contributed by atoms with Crippen LogP contribution in [0.4, 0.5) is 0 Å². The topological polar surface area (TPSA) is 25.0 Å². The fourth-order valence-electron chi connectivity index (χ4n) is 2.20. The van der Waals surface area contributed by atoms with Gasteiger partial charge in [0.25, 0.3) is 0 Å². The smallest absolute Gasteiger partial charge is 0.128 e. The summed E-state index contributed by atoms with van der Waals surface area (Å²) in [6.45, 7) is 3.03. The van der Waals surface area contributed by atoms with Crippen molar-refractivity contribution in [2.24, 2.45) is 5.92 Å². The molecular formula is C12H12BrNO. The fraction of sp³-hybridized carbons (Fsp3) is 0.333. The first-order valence-corrected chi connectivity index (χ1v) is 5.97. The molecule has 2 nitrogen and oxygen atoms in total. The summed E-state index contributed by atoms with van der Waals surface area (Å²) in [5.74, 6) is 1.57. The molecule has 0 bridgehead atoms. The Morgan fingerprint density at radius 2 is 2.33 bits per heavy atom. The number of rotatable bonds is 0. The second kappa shape index (κ2) is 3.27. The lowest BCUT2D eigenvalue weighted by Crippen LogP contribution is -2.08. The molecule has 3 rings (SSSR count). The molecule has 1 atom stereocenters. The van der Waals surface area contributed by atoms with E-state index in [0.717, 1.165) is 28.9 Å². The number of hydrogen-bond donors (Lipinski definition) is 1. The van der Waals surface area contributed by atoms with Gasteiger partial charge in [0.15, 0.2) is 0 Å². The van der Waals surface area contributed by atoms with E-state index in [1.165, 1.54) is 10.9 Å². The maximum absolute atomic E-state index is 5.81. The van der Waals surface area contributed by atoms with Crippen LogP contribution in [-0.2, 0) is 6.42 Å². The monoisotopic (exact) mass is 265 g/mol. The molecule has 0 amide bonds. The van der Waals surface area contributed by atoms with Gasteiger partial charge >= 0.3 is 0 Å².